The van der Waals surface area contributed by atoms with E-state index in [1.165, 1.54) is 24.4 Å². The molecule has 11 heteroatoms. The number of hydrogen-bond donors (Lipinski definition) is 4. The number of piperazine rings is 1. The molecule has 38 heavy (non-hydrogen) atoms. The Morgan fingerprint density at radius 1 is 1.11 bits per heavy atom. The molecule has 0 atom stereocenters. The van der Waals surface area contributed by atoms with E-state index in [0.29, 0.717) is 29.9 Å². The number of nitrogens with zero attached hydrogens (tertiary/aromatic N) is 3. The van der Waals surface area contributed by atoms with Crippen LogP contribution in [0.3, 0.4) is 0 Å². The summed E-state index contributed by atoms with van der Waals surface area (Å²) in [5, 5.41) is 6.61. The van der Waals surface area contributed by atoms with Crippen molar-refractivity contribution in [2.24, 2.45) is 0 Å². The Bertz CT molecular complexity index is 1550. The Balaban J connectivity index is 1.33. The van der Waals surface area contributed by atoms with Gasteiger partial charge in [0, 0.05) is 61.6 Å². The molecule has 1 saturated heterocycles. The van der Waals surface area contributed by atoms with Gasteiger partial charge in [0.1, 0.15) is 17.3 Å². The standard InChI is InChI=1S/C27H24F3N7O/c28-27(29,30)22-15-20(3-4-21(22)16-37-11-9-32-10-12-37)26(38)35-23-13-17(5-7-33-23)1-2-18-14-19-6-8-34-25(19)36-24(18)31/h3-8,13-15,32H,9-12,16H2,(H3,31,34,36)(H,33,35,38). The summed E-state index contributed by atoms with van der Waals surface area (Å²) < 4.78 is 41.5. The molecule has 0 radical (unpaired) electrons. The van der Waals surface area contributed by atoms with E-state index in [1.807, 2.05) is 17.0 Å². The van der Waals surface area contributed by atoms with Crippen molar-refractivity contribution in [3.8, 4) is 11.8 Å². The highest BCUT2D eigenvalue weighted by Gasteiger charge is 2.34. The van der Waals surface area contributed by atoms with Crippen LogP contribution in [-0.4, -0.2) is 51.9 Å². The molecule has 1 aliphatic rings. The first-order chi connectivity index (χ1) is 18.3. The summed E-state index contributed by atoms with van der Waals surface area (Å²) in [7, 11) is 0. The maximum Gasteiger partial charge on any atom is 0.416 e. The van der Waals surface area contributed by atoms with E-state index >= 15 is 0 Å². The minimum atomic E-state index is -4.59. The van der Waals surface area contributed by atoms with Gasteiger partial charge in [0.15, 0.2) is 0 Å². The fourth-order valence-electron chi connectivity index (χ4n) is 4.23. The topological polar surface area (TPSA) is 112 Å². The van der Waals surface area contributed by atoms with Gasteiger partial charge < -0.3 is 21.4 Å². The Labute approximate surface area is 216 Å². The van der Waals surface area contributed by atoms with Crippen molar-refractivity contribution >= 4 is 28.6 Å². The van der Waals surface area contributed by atoms with E-state index in [2.05, 4.69) is 37.4 Å². The largest absolute Gasteiger partial charge is 0.416 e. The molecule has 1 fully saturated rings. The number of nitrogen functional groups attached to an aromatic ring is 1. The zero-order valence-electron chi connectivity index (χ0n) is 20.2. The molecule has 5 N–H and O–H groups in total. The SMILES string of the molecule is Nc1nc2[nH]ccc2cc1C#Cc1ccnc(NC(=O)c2ccc(CN3CCNCC3)c(C(F)(F)F)c2)c1. The maximum absolute atomic E-state index is 13.8. The Kier molecular flexibility index (Phi) is 7.00. The van der Waals surface area contributed by atoms with E-state index in [0.717, 1.165) is 24.5 Å². The lowest BCUT2D eigenvalue weighted by Gasteiger charge is -2.28. The summed E-state index contributed by atoms with van der Waals surface area (Å²) in [5.74, 6) is 5.65. The molecule has 0 bridgehead atoms. The highest BCUT2D eigenvalue weighted by molar-refractivity contribution is 6.04. The van der Waals surface area contributed by atoms with E-state index in [-0.39, 0.29) is 29.3 Å². The molecule has 194 valence electrons. The number of nitrogens with two attached hydrogens (primary N) is 1. The number of carbonyl (C=O) groups is 1. The monoisotopic (exact) mass is 519 g/mol. The van der Waals surface area contributed by atoms with Crippen LogP contribution in [-0.2, 0) is 12.7 Å². The van der Waals surface area contributed by atoms with Gasteiger partial charge in [0.25, 0.3) is 5.91 Å². The van der Waals surface area contributed by atoms with Gasteiger partial charge in [-0.1, -0.05) is 17.9 Å². The molecule has 8 nitrogen and oxygen atoms in total. The highest BCUT2D eigenvalue weighted by Crippen LogP contribution is 2.33. The molecule has 1 aliphatic heterocycles. The highest BCUT2D eigenvalue weighted by atomic mass is 19.4. The van der Waals surface area contributed by atoms with Gasteiger partial charge in [-0.3, -0.25) is 9.69 Å². The molecule has 4 heterocycles. The zero-order chi connectivity index (χ0) is 26.7. The van der Waals surface area contributed by atoms with Gasteiger partial charge in [0.05, 0.1) is 11.1 Å². The predicted molar refractivity (Wildman–Crippen MR) is 138 cm³/mol. The number of hydrogen-bond acceptors (Lipinski definition) is 6. The Hall–Kier alpha value is -4.40. The first-order valence-electron chi connectivity index (χ1n) is 11.9. The number of carbonyl (C=O) groups excluding carboxylic acids is 1. The summed E-state index contributed by atoms with van der Waals surface area (Å²) in [6.45, 7) is 2.94. The zero-order valence-corrected chi connectivity index (χ0v) is 20.2. The van der Waals surface area contributed by atoms with Crippen molar-refractivity contribution < 1.29 is 18.0 Å². The number of benzene rings is 1. The van der Waals surface area contributed by atoms with E-state index < -0.39 is 17.6 Å². The van der Waals surface area contributed by atoms with Crippen LogP contribution in [0.25, 0.3) is 11.0 Å². The first kappa shape index (κ1) is 25.3. The molecule has 0 spiro atoms. The number of rotatable bonds is 4. The van der Waals surface area contributed by atoms with Crippen molar-refractivity contribution in [2.75, 3.05) is 37.2 Å². The van der Waals surface area contributed by atoms with Crippen molar-refractivity contribution in [3.05, 3.63) is 82.7 Å². The number of fused-ring (bicyclic) bond motifs is 1. The molecule has 3 aromatic heterocycles. The Morgan fingerprint density at radius 2 is 1.92 bits per heavy atom. The number of amides is 1. The number of nitrogens with one attached hydrogen (secondary N) is 3. The van der Waals surface area contributed by atoms with Crippen LogP contribution in [0.1, 0.15) is 32.6 Å². The number of anilines is 2. The van der Waals surface area contributed by atoms with Gasteiger partial charge >= 0.3 is 6.18 Å². The minimum Gasteiger partial charge on any atom is -0.383 e. The fourth-order valence-corrected chi connectivity index (χ4v) is 4.23. The van der Waals surface area contributed by atoms with Crippen LogP contribution in [0.5, 0.6) is 0 Å². The van der Waals surface area contributed by atoms with E-state index in [9.17, 15) is 18.0 Å². The van der Waals surface area contributed by atoms with Crippen LogP contribution >= 0.6 is 0 Å². The molecule has 0 aliphatic carbocycles. The predicted octanol–water partition coefficient (Wildman–Crippen LogP) is 3.62. The molecule has 5 rings (SSSR count). The smallest absolute Gasteiger partial charge is 0.383 e. The lowest BCUT2D eigenvalue weighted by atomic mass is 10.0. The number of aromatic nitrogens is 3. The third-order valence-electron chi connectivity index (χ3n) is 6.19. The molecule has 1 amide bonds. The molecular formula is C27H24F3N7O. The molecular weight excluding hydrogens is 495 g/mol. The van der Waals surface area contributed by atoms with Crippen LogP contribution in [0.4, 0.5) is 24.8 Å². The van der Waals surface area contributed by atoms with Crippen LogP contribution in [0.2, 0.25) is 0 Å². The van der Waals surface area contributed by atoms with Crippen LogP contribution < -0.4 is 16.4 Å². The maximum atomic E-state index is 13.8. The summed E-state index contributed by atoms with van der Waals surface area (Å²) in [6.07, 6.45) is -1.38. The van der Waals surface area contributed by atoms with Crippen LogP contribution in [0, 0.1) is 11.8 Å². The number of halogens is 3. The van der Waals surface area contributed by atoms with Crippen molar-refractivity contribution in [1.82, 2.24) is 25.2 Å². The molecule has 0 unspecified atom stereocenters. The minimum absolute atomic E-state index is 0.113. The van der Waals surface area contributed by atoms with Crippen molar-refractivity contribution in [3.63, 3.8) is 0 Å². The normalized spacial score (nSPS) is 14.2. The van der Waals surface area contributed by atoms with Gasteiger partial charge in [-0.25, -0.2) is 9.97 Å². The second-order valence-electron chi connectivity index (χ2n) is 8.87. The van der Waals surface area contributed by atoms with E-state index in [1.54, 1.807) is 12.3 Å². The van der Waals surface area contributed by atoms with Crippen molar-refractivity contribution in [2.45, 2.75) is 12.7 Å². The Morgan fingerprint density at radius 3 is 2.71 bits per heavy atom. The first-order valence-corrected chi connectivity index (χ1v) is 11.9. The molecule has 0 saturated carbocycles. The number of H-pyrrole nitrogens is 1. The average molecular weight is 520 g/mol. The third-order valence-corrected chi connectivity index (χ3v) is 6.19. The second kappa shape index (κ2) is 10.5. The number of pyridine rings is 2. The number of alkyl halides is 3. The number of aromatic amines is 1. The lowest BCUT2D eigenvalue weighted by molar-refractivity contribution is -0.138. The van der Waals surface area contributed by atoms with E-state index in [4.69, 9.17) is 5.73 Å². The molecule has 1 aromatic carbocycles. The second-order valence-corrected chi connectivity index (χ2v) is 8.87. The summed E-state index contributed by atoms with van der Waals surface area (Å²) in [4.78, 5) is 26.1. The third kappa shape index (κ3) is 5.77. The summed E-state index contributed by atoms with van der Waals surface area (Å²) in [5.41, 5.74) is 6.93. The summed E-state index contributed by atoms with van der Waals surface area (Å²) >= 11 is 0. The fraction of sp³-hybridized carbons (Fsp3) is 0.222. The van der Waals surface area contributed by atoms with Crippen molar-refractivity contribution in [1.29, 1.82) is 0 Å². The molecule has 4 aromatic rings. The average Bonchev–Trinajstić information content (AvgIpc) is 3.35. The van der Waals surface area contributed by atoms with Gasteiger partial charge in [-0.05, 0) is 42.0 Å². The van der Waals surface area contributed by atoms with Gasteiger partial charge in [0.2, 0.25) is 0 Å². The lowest BCUT2D eigenvalue weighted by Crippen LogP contribution is -2.43. The van der Waals surface area contributed by atoms with Gasteiger partial charge in [-0.2, -0.15) is 13.2 Å². The van der Waals surface area contributed by atoms with Crippen LogP contribution in [0.15, 0.2) is 54.9 Å². The summed E-state index contributed by atoms with van der Waals surface area (Å²) in [6, 6.07) is 10.5. The van der Waals surface area contributed by atoms with Gasteiger partial charge in [-0.15, -0.1) is 0 Å². The quantitative estimate of drug-likeness (QED) is 0.307.